The summed E-state index contributed by atoms with van der Waals surface area (Å²) in [4.78, 5) is 22.5. The Hall–Kier alpha value is -1.65. The average molecular weight is 264 g/mol. The van der Waals surface area contributed by atoms with Gasteiger partial charge in [-0.15, -0.1) is 0 Å². The first-order chi connectivity index (χ1) is 9.12. The molecule has 19 heavy (non-hydrogen) atoms. The number of aromatic nitrogens is 2. The molecule has 1 atom stereocenters. The van der Waals surface area contributed by atoms with Crippen molar-refractivity contribution in [1.29, 1.82) is 0 Å². The highest BCUT2D eigenvalue weighted by molar-refractivity contribution is 5.92. The molecule has 1 unspecified atom stereocenters. The second-order valence-corrected chi connectivity index (χ2v) is 4.67. The molecule has 106 valence electrons. The molecule has 0 bridgehead atoms. The zero-order chi connectivity index (χ0) is 14.3. The number of nitrogens with zero attached hydrogens (tertiary/aromatic N) is 3. The van der Waals surface area contributed by atoms with E-state index in [9.17, 15) is 4.79 Å². The number of carbonyl (C=O) groups excluding carboxylic acids is 1. The zero-order valence-corrected chi connectivity index (χ0v) is 12.3. The molecule has 0 saturated heterocycles. The van der Waals surface area contributed by atoms with Gasteiger partial charge in [0.2, 0.25) is 0 Å². The third-order valence-corrected chi connectivity index (χ3v) is 3.13. The molecule has 0 aromatic carbocycles. The van der Waals surface area contributed by atoms with Crippen LogP contribution in [0.1, 0.15) is 44.6 Å². The monoisotopic (exact) mass is 264 g/mol. The van der Waals surface area contributed by atoms with Crippen molar-refractivity contribution in [1.82, 2.24) is 14.9 Å². The molecule has 1 heterocycles. The van der Waals surface area contributed by atoms with Crippen LogP contribution in [0.15, 0.2) is 12.4 Å². The number of rotatable bonds is 7. The van der Waals surface area contributed by atoms with E-state index in [1.807, 2.05) is 18.7 Å². The average Bonchev–Trinajstić information content (AvgIpc) is 2.45. The zero-order valence-electron chi connectivity index (χ0n) is 12.3. The minimum atomic E-state index is -0.0432. The van der Waals surface area contributed by atoms with Gasteiger partial charge >= 0.3 is 0 Å². The normalized spacial score (nSPS) is 12.0. The van der Waals surface area contributed by atoms with Crippen LogP contribution in [0.3, 0.4) is 0 Å². The molecule has 0 spiro atoms. The van der Waals surface area contributed by atoms with Gasteiger partial charge in [-0.3, -0.25) is 4.79 Å². The molecule has 5 nitrogen and oxygen atoms in total. The van der Waals surface area contributed by atoms with Crippen LogP contribution in [0, 0.1) is 5.92 Å². The van der Waals surface area contributed by atoms with Gasteiger partial charge in [0.25, 0.3) is 5.91 Å². The minimum Gasteiger partial charge on any atom is -0.369 e. The van der Waals surface area contributed by atoms with Crippen molar-refractivity contribution in [2.45, 2.75) is 34.1 Å². The summed E-state index contributed by atoms with van der Waals surface area (Å²) < 4.78 is 0. The molecule has 5 heteroatoms. The van der Waals surface area contributed by atoms with Gasteiger partial charge in [-0.2, -0.15) is 0 Å². The van der Waals surface area contributed by atoms with Crippen molar-refractivity contribution in [2.75, 3.05) is 25.0 Å². The van der Waals surface area contributed by atoms with Gasteiger partial charge in [-0.25, -0.2) is 9.97 Å². The Labute approximate surface area is 115 Å². The van der Waals surface area contributed by atoms with Crippen LogP contribution in [0.4, 0.5) is 5.82 Å². The number of nitrogens with one attached hydrogen (secondary N) is 1. The van der Waals surface area contributed by atoms with Crippen LogP contribution in [-0.4, -0.2) is 40.4 Å². The Morgan fingerprint density at radius 3 is 2.53 bits per heavy atom. The highest BCUT2D eigenvalue weighted by atomic mass is 16.2. The van der Waals surface area contributed by atoms with Crippen LogP contribution < -0.4 is 5.32 Å². The molecule has 0 aliphatic carbocycles. The summed E-state index contributed by atoms with van der Waals surface area (Å²) in [5.41, 5.74) is 0.409. The van der Waals surface area contributed by atoms with Gasteiger partial charge < -0.3 is 10.2 Å². The molecule has 1 aromatic rings. The lowest BCUT2D eigenvalue weighted by Crippen LogP contribution is -2.35. The summed E-state index contributed by atoms with van der Waals surface area (Å²) in [5.74, 6) is 1.15. The van der Waals surface area contributed by atoms with Gasteiger partial charge in [0.1, 0.15) is 11.5 Å². The van der Waals surface area contributed by atoms with Gasteiger partial charge in [0, 0.05) is 19.6 Å². The molecule has 0 saturated carbocycles. The Bertz CT molecular complexity index is 391. The van der Waals surface area contributed by atoms with E-state index in [0.717, 1.165) is 19.5 Å². The maximum Gasteiger partial charge on any atom is 0.274 e. The fraction of sp³-hybridized carbons (Fsp3) is 0.643. The molecule has 1 rings (SSSR count). The lowest BCUT2D eigenvalue weighted by atomic mass is 10.1. The maximum absolute atomic E-state index is 12.3. The van der Waals surface area contributed by atoms with E-state index < -0.39 is 0 Å². The first-order valence-corrected chi connectivity index (χ1v) is 6.97. The van der Waals surface area contributed by atoms with Crippen molar-refractivity contribution in [3.63, 3.8) is 0 Å². The van der Waals surface area contributed by atoms with Crippen molar-refractivity contribution >= 4 is 11.7 Å². The molecule has 0 aliphatic rings. The molecular formula is C14H24N4O. The summed E-state index contributed by atoms with van der Waals surface area (Å²) in [7, 11) is 0. The van der Waals surface area contributed by atoms with Crippen molar-refractivity contribution < 1.29 is 4.79 Å². The van der Waals surface area contributed by atoms with Crippen LogP contribution in [-0.2, 0) is 0 Å². The van der Waals surface area contributed by atoms with Crippen LogP contribution in [0.5, 0.6) is 0 Å². The molecule has 0 radical (unpaired) electrons. The van der Waals surface area contributed by atoms with Crippen molar-refractivity contribution in [2.24, 2.45) is 5.92 Å². The highest BCUT2D eigenvalue weighted by Gasteiger charge is 2.17. The summed E-state index contributed by atoms with van der Waals surface area (Å²) in [5, 5.41) is 3.06. The van der Waals surface area contributed by atoms with Crippen LogP contribution in [0.2, 0.25) is 0 Å². The Kier molecular flexibility index (Phi) is 6.25. The lowest BCUT2D eigenvalue weighted by Gasteiger charge is -2.23. The van der Waals surface area contributed by atoms with Gasteiger partial charge in [-0.05, 0) is 19.8 Å². The van der Waals surface area contributed by atoms with Gasteiger partial charge in [-0.1, -0.05) is 20.3 Å². The number of carbonyl (C=O) groups is 1. The predicted octanol–water partition coefficient (Wildman–Crippen LogP) is 2.42. The summed E-state index contributed by atoms with van der Waals surface area (Å²) in [6, 6.07) is 0. The number of amides is 1. The number of anilines is 1. The second kappa shape index (κ2) is 7.71. The maximum atomic E-state index is 12.3. The molecular weight excluding hydrogens is 240 g/mol. The Morgan fingerprint density at radius 1 is 1.32 bits per heavy atom. The van der Waals surface area contributed by atoms with E-state index in [0.29, 0.717) is 24.0 Å². The quantitative estimate of drug-likeness (QED) is 0.821. The molecule has 1 aromatic heterocycles. The fourth-order valence-electron chi connectivity index (χ4n) is 1.73. The predicted molar refractivity (Wildman–Crippen MR) is 77.2 cm³/mol. The first-order valence-electron chi connectivity index (χ1n) is 6.97. The van der Waals surface area contributed by atoms with E-state index in [2.05, 4.69) is 29.1 Å². The van der Waals surface area contributed by atoms with Crippen LogP contribution >= 0.6 is 0 Å². The minimum absolute atomic E-state index is 0.0432. The SMILES string of the molecule is CCNc1cnc(C(=O)N(CC)CC(C)CC)cn1. The van der Waals surface area contributed by atoms with E-state index in [1.54, 1.807) is 12.4 Å². The largest absolute Gasteiger partial charge is 0.369 e. The van der Waals surface area contributed by atoms with E-state index >= 15 is 0 Å². The standard InChI is InChI=1S/C14H24N4O/c1-5-11(4)10-18(7-3)14(19)12-8-17-13(9-16-12)15-6-2/h8-9,11H,5-7,10H2,1-4H3,(H,15,17). The molecule has 0 aliphatic heterocycles. The number of hydrogen-bond acceptors (Lipinski definition) is 4. The van der Waals surface area contributed by atoms with E-state index in [1.165, 1.54) is 0 Å². The van der Waals surface area contributed by atoms with Crippen LogP contribution in [0.25, 0.3) is 0 Å². The third-order valence-electron chi connectivity index (χ3n) is 3.13. The smallest absolute Gasteiger partial charge is 0.274 e. The summed E-state index contributed by atoms with van der Waals surface area (Å²) in [6.07, 6.45) is 4.21. The number of hydrogen-bond donors (Lipinski definition) is 1. The van der Waals surface area contributed by atoms with E-state index in [-0.39, 0.29) is 5.91 Å². The van der Waals surface area contributed by atoms with Crippen molar-refractivity contribution in [3.8, 4) is 0 Å². The van der Waals surface area contributed by atoms with E-state index in [4.69, 9.17) is 0 Å². The lowest BCUT2D eigenvalue weighted by molar-refractivity contribution is 0.0734. The summed E-state index contributed by atoms with van der Waals surface area (Å²) >= 11 is 0. The fourth-order valence-corrected chi connectivity index (χ4v) is 1.73. The molecule has 1 amide bonds. The summed E-state index contributed by atoms with van der Waals surface area (Å²) in [6.45, 7) is 10.5. The molecule has 0 fully saturated rings. The third kappa shape index (κ3) is 4.50. The van der Waals surface area contributed by atoms with Gasteiger partial charge in [0.05, 0.1) is 12.4 Å². The Balaban J connectivity index is 2.73. The first kappa shape index (κ1) is 15.4. The topological polar surface area (TPSA) is 58.1 Å². The Morgan fingerprint density at radius 2 is 2.05 bits per heavy atom. The highest BCUT2D eigenvalue weighted by Crippen LogP contribution is 2.09. The second-order valence-electron chi connectivity index (χ2n) is 4.67. The van der Waals surface area contributed by atoms with Gasteiger partial charge in [0.15, 0.2) is 0 Å². The van der Waals surface area contributed by atoms with Crippen molar-refractivity contribution in [3.05, 3.63) is 18.1 Å². The molecule has 1 N–H and O–H groups in total.